The van der Waals surface area contributed by atoms with Crippen molar-refractivity contribution in [3.05, 3.63) is 40.6 Å². The number of aromatic hydroxyl groups is 4. The summed E-state index contributed by atoms with van der Waals surface area (Å²) in [5, 5.41) is 41.6. The highest BCUT2D eigenvalue weighted by Crippen LogP contribution is 2.38. The van der Waals surface area contributed by atoms with E-state index in [0.717, 1.165) is 24.3 Å². The van der Waals surface area contributed by atoms with E-state index >= 15 is 0 Å². The van der Waals surface area contributed by atoms with E-state index in [1.165, 1.54) is 13.0 Å². The van der Waals surface area contributed by atoms with E-state index in [9.17, 15) is 34.8 Å². The number of esters is 1. The van der Waals surface area contributed by atoms with Crippen LogP contribution in [0.1, 0.15) is 27.2 Å². The minimum atomic E-state index is -1.06. The molecule has 0 aliphatic heterocycles. The van der Waals surface area contributed by atoms with E-state index in [2.05, 4.69) is 5.32 Å². The molecule has 174 valence electrons. The quantitative estimate of drug-likeness (QED) is 0.276. The monoisotopic (exact) mass is 457 g/mol. The Kier molecular flexibility index (Phi) is 6.47. The maximum Gasteiger partial charge on any atom is 0.334 e. The molecule has 3 rings (SSSR count). The number of nitrogens with one attached hydrogen (secondary N) is 1. The minimum absolute atomic E-state index is 0.00273. The van der Waals surface area contributed by atoms with Crippen molar-refractivity contribution in [2.24, 2.45) is 5.92 Å². The first kappa shape index (κ1) is 23.5. The van der Waals surface area contributed by atoms with Gasteiger partial charge in [-0.2, -0.15) is 0 Å². The summed E-state index contributed by atoms with van der Waals surface area (Å²) in [5.74, 6) is -4.24. The highest BCUT2D eigenvalue weighted by molar-refractivity contribution is 5.90. The Bertz CT molecular complexity index is 1290. The second kappa shape index (κ2) is 9.11. The number of phenols is 4. The molecule has 0 saturated heterocycles. The lowest BCUT2D eigenvalue weighted by molar-refractivity contribution is -0.139. The van der Waals surface area contributed by atoms with Crippen LogP contribution in [0.15, 0.2) is 39.5 Å². The van der Waals surface area contributed by atoms with Crippen LogP contribution in [0.2, 0.25) is 0 Å². The van der Waals surface area contributed by atoms with Crippen LogP contribution in [0, 0.1) is 5.92 Å². The van der Waals surface area contributed by atoms with Gasteiger partial charge in [0, 0.05) is 24.6 Å². The first-order chi connectivity index (χ1) is 15.5. The molecule has 10 heteroatoms. The molecular formula is C23H23NO9. The fraction of sp³-hybridized carbons (Fsp3) is 0.261. The second-order valence-corrected chi connectivity index (χ2v) is 7.93. The molecule has 0 spiro atoms. The number of fused-ring (bicyclic) bond motifs is 1. The molecule has 10 nitrogen and oxygen atoms in total. The zero-order chi connectivity index (χ0) is 24.4. The summed E-state index contributed by atoms with van der Waals surface area (Å²) in [6, 6.07) is 4.48. The van der Waals surface area contributed by atoms with Crippen molar-refractivity contribution < 1.29 is 39.2 Å². The number of amides is 1. The number of carbonyl (C=O) groups is 2. The Hall–Kier alpha value is -4.21. The van der Waals surface area contributed by atoms with Crippen molar-refractivity contribution in [3.8, 4) is 40.1 Å². The zero-order valence-corrected chi connectivity index (χ0v) is 18.1. The van der Waals surface area contributed by atoms with Crippen LogP contribution in [-0.4, -0.2) is 38.3 Å². The molecule has 3 aromatic rings. The second-order valence-electron chi connectivity index (χ2n) is 7.93. The third-order valence-electron chi connectivity index (χ3n) is 4.73. The van der Waals surface area contributed by atoms with Gasteiger partial charge in [-0.1, -0.05) is 13.8 Å². The molecule has 1 heterocycles. The summed E-state index contributed by atoms with van der Waals surface area (Å²) in [6.45, 7) is 4.91. The van der Waals surface area contributed by atoms with Gasteiger partial charge in [0.05, 0.1) is 0 Å². The summed E-state index contributed by atoms with van der Waals surface area (Å²) < 4.78 is 11.1. The summed E-state index contributed by atoms with van der Waals surface area (Å²) in [6.07, 6.45) is 0.228. The van der Waals surface area contributed by atoms with Gasteiger partial charge in [0.15, 0.2) is 17.3 Å². The molecule has 0 radical (unpaired) electrons. The van der Waals surface area contributed by atoms with Crippen molar-refractivity contribution in [3.63, 3.8) is 0 Å². The molecule has 0 fully saturated rings. The average molecular weight is 457 g/mol. The van der Waals surface area contributed by atoms with Gasteiger partial charge in [-0.3, -0.25) is 9.59 Å². The number of ether oxygens (including phenoxy) is 1. The maximum absolute atomic E-state index is 13.2. The molecule has 33 heavy (non-hydrogen) atoms. The minimum Gasteiger partial charge on any atom is -0.508 e. The SMILES string of the molecule is CC(=O)N[C@@H](CC(C)C)C(=O)Oc1c(-c2ccc(O)c(O)c2)oc2cc(O)cc(O)c2c1=O. The van der Waals surface area contributed by atoms with Gasteiger partial charge in [-0.05, 0) is 30.5 Å². The Morgan fingerprint density at radius 3 is 2.33 bits per heavy atom. The van der Waals surface area contributed by atoms with E-state index in [1.54, 1.807) is 0 Å². The topological polar surface area (TPSA) is 167 Å². The lowest BCUT2D eigenvalue weighted by atomic mass is 10.0. The number of hydrogen-bond donors (Lipinski definition) is 5. The van der Waals surface area contributed by atoms with E-state index in [1.807, 2.05) is 13.8 Å². The third-order valence-corrected chi connectivity index (χ3v) is 4.73. The smallest absolute Gasteiger partial charge is 0.334 e. The molecule has 1 amide bonds. The number of phenolic OH excluding ortho intramolecular Hbond substituents is 4. The molecular weight excluding hydrogens is 434 g/mol. The molecule has 2 aromatic carbocycles. The number of rotatable bonds is 6. The third kappa shape index (κ3) is 5.00. The molecule has 0 bridgehead atoms. The molecule has 0 saturated carbocycles. The Balaban J connectivity index is 2.22. The highest BCUT2D eigenvalue weighted by atomic mass is 16.5. The van der Waals surface area contributed by atoms with Gasteiger partial charge in [0.1, 0.15) is 28.5 Å². The van der Waals surface area contributed by atoms with Crippen LogP contribution in [0.5, 0.6) is 28.7 Å². The number of carbonyl (C=O) groups excluding carboxylic acids is 2. The number of benzene rings is 2. The van der Waals surface area contributed by atoms with Crippen LogP contribution >= 0.6 is 0 Å². The number of hydrogen-bond acceptors (Lipinski definition) is 9. The van der Waals surface area contributed by atoms with Crippen LogP contribution in [0.4, 0.5) is 0 Å². The van der Waals surface area contributed by atoms with Crippen molar-refractivity contribution in [1.82, 2.24) is 5.32 Å². The Morgan fingerprint density at radius 1 is 1.03 bits per heavy atom. The van der Waals surface area contributed by atoms with E-state index in [0.29, 0.717) is 0 Å². The van der Waals surface area contributed by atoms with Crippen molar-refractivity contribution in [2.45, 2.75) is 33.2 Å². The van der Waals surface area contributed by atoms with Crippen molar-refractivity contribution in [1.29, 1.82) is 0 Å². The van der Waals surface area contributed by atoms with Crippen molar-refractivity contribution in [2.75, 3.05) is 0 Å². The van der Waals surface area contributed by atoms with Gasteiger partial charge < -0.3 is 34.9 Å². The first-order valence-electron chi connectivity index (χ1n) is 10.0. The predicted octanol–water partition coefficient (Wildman–Crippen LogP) is 2.74. The molecule has 0 aliphatic rings. The van der Waals surface area contributed by atoms with Crippen LogP contribution in [-0.2, 0) is 9.59 Å². The van der Waals surface area contributed by atoms with Crippen LogP contribution < -0.4 is 15.5 Å². The van der Waals surface area contributed by atoms with Gasteiger partial charge in [-0.25, -0.2) is 4.79 Å². The first-order valence-corrected chi connectivity index (χ1v) is 10.0. The predicted molar refractivity (Wildman–Crippen MR) is 117 cm³/mol. The average Bonchev–Trinajstić information content (AvgIpc) is 2.70. The normalized spacial score (nSPS) is 12.0. The molecule has 0 unspecified atom stereocenters. The van der Waals surface area contributed by atoms with Gasteiger partial charge in [-0.15, -0.1) is 0 Å². The summed E-state index contributed by atoms with van der Waals surface area (Å²) in [5.41, 5.74) is -1.06. The Morgan fingerprint density at radius 2 is 1.73 bits per heavy atom. The van der Waals surface area contributed by atoms with Gasteiger partial charge >= 0.3 is 5.97 Å². The van der Waals surface area contributed by atoms with E-state index < -0.39 is 46.3 Å². The van der Waals surface area contributed by atoms with Crippen LogP contribution in [0.25, 0.3) is 22.3 Å². The fourth-order valence-corrected chi connectivity index (χ4v) is 3.32. The molecule has 1 aromatic heterocycles. The van der Waals surface area contributed by atoms with Crippen LogP contribution in [0.3, 0.4) is 0 Å². The fourth-order valence-electron chi connectivity index (χ4n) is 3.32. The van der Waals surface area contributed by atoms with Crippen molar-refractivity contribution >= 4 is 22.8 Å². The lowest BCUT2D eigenvalue weighted by Crippen LogP contribution is -2.43. The van der Waals surface area contributed by atoms with E-state index in [4.69, 9.17) is 9.15 Å². The molecule has 5 N–H and O–H groups in total. The highest BCUT2D eigenvalue weighted by Gasteiger charge is 2.28. The molecule has 0 aliphatic carbocycles. The largest absolute Gasteiger partial charge is 0.508 e. The summed E-state index contributed by atoms with van der Waals surface area (Å²) in [7, 11) is 0. The summed E-state index contributed by atoms with van der Waals surface area (Å²) >= 11 is 0. The maximum atomic E-state index is 13.2. The lowest BCUT2D eigenvalue weighted by Gasteiger charge is -2.19. The standard InChI is InChI=1S/C23H23NO9/c1-10(2)6-14(24-11(3)25)23(31)33-22-20(30)19-17(29)8-13(26)9-18(19)32-21(22)12-4-5-15(27)16(28)7-12/h4-5,7-10,14,26-29H,6H2,1-3H3,(H,24,25)/t14-/m0/s1. The summed E-state index contributed by atoms with van der Waals surface area (Å²) in [4.78, 5) is 37.7. The van der Waals surface area contributed by atoms with Gasteiger partial charge in [0.2, 0.25) is 17.1 Å². The molecule has 1 atom stereocenters. The van der Waals surface area contributed by atoms with E-state index in [-0.39, 0.29) is 40.4 Å². The van der Waals surface area contributed by atoms with Gasteiger partial charge in [0.25, 0.3) is 0 Å². The zero-order valence-electron chi connectivity index (χ0n) is 18.1. The Labute approximate surface area is 187 Å².